The predicted molar refractivity (Wildman–Crippen MR) is 105 cm³/mol. The molecular weight excluding hydrogens is 364 g/mol. The lowest BCUT2D eigenvalue weighted by atomic mass is 10.2. The largest absolute Gasteiger partial charge is 0.353 e. The van der Waals surface area contributed by atoms with Gasteiger partial charge in [-0.15, -0.1) is 0 Å². The minimum Gasteiger partial charge on any atom is -0.353 e. The Labute approximate surface area is 160 Å². The molecule has 0 bridgehead atoms. The molecule has 2 heterocycles. The standard InChI is InChI=1S/C19H24N4O3S/c24-19(16-21-27(25,26)15-9-17-6-2-1-3-7-17)23-13-11-22(12-14-23)18-8-4-5-10-20-18/h1-8,10,21H,9,11-16H2. The van der Waals surface area contributed by atoms with Crippen molar-refractivity contribution in [3.05, 3.63) is 60.3 Å². The van der Waals surface area contributed by atoms with Gasteiger partial charge >= 0.3 is 0 Å². The molecule has 1 saturated heterocycles. The summed E-state index contributed by atoms with van der Waals surface area (Å²) < 4.78 is 26.7. The molecule has 0 aliphatic carbocycles. The van der Waals surface area contributed by atoms with Crippen molar-refractivity contribution in [1.82, 2.24) is 14.6 Å². The second-order valence-electron chi connectivity index (χ2n) is 6.43. The third-order valence-electron chi connectivity index (χ3n) is 4.55. The third kappa shape index (κ3) is 5.77. The Balaban J connectivity index is 1.43. The lowest BCUT2D eigenvalue weighted by molar-refractivity contribution is -0.130. The molecule has 0 unspecified atom stereocenters. The average Bonchev–Trinajstić information content (AvgIpc) is 2.72. The quantitative estimate of drug-likeness (QED) is 0.762. The summed E-state index contributed by atoms with van der Waals surface area (Å²) in [5.41, 5.74) is 0.958. The molecule has 3 rings (SSSR count). The van der Waals surface area contributed by atoms with E-state index in [2.05, 4.69) is 14.6 Å². The monoisotopic (exact) mass is 388 g/mol. The molecule has 1 amide bonds. The SMILES string of the molecule is O=C(CNS(=O)(=O)CCc1ccccc1)N1CCN(c2ccccn2)CC1. The number of benzene rings is 1. The van der Waals surface area contributed by atoms with E-state index in [4.69, 9.17) is 0 Å². The van der Waals surface area contributed by atoms with Crippen molar-refractivity contribution < 1.29 is 13.2 Å². The van der Waals surface area contributed by atoms with Crippen LogP contribution >= 0.6 is 0 Å². The number of rotatable bonds is 7. The van der Waals surface area contributed by atoms with E-state index in [1.165, 1.54) is 0 Å². The van der Waals surface area contributed by atoms with E-state index in [1.807, 2.05) is 48.5 Å². The Hall–Kier alpha value is -2.45. The Morgan fingerprint density at radius 3 is 2.37 bits per heavy atom. The predicted octanol–water partition coefficient (Wildman–Crippen LogP) is 0.892. The van der Waals surface area contributed by atoms with Gasteiger partial charge in [0.25, 0.3) is 0 Å². The van der Waals surface area contributed by atoms with E-state index in [0.717, 1.165) is 11.4 Å². The van der Waals surface area contributed by atoms with Crippen LogP contribution in [0.1, 0.15) is 5.56 Å². The number of hydrogen-bond donors (Lipinski definition) is 1. The zero-order valence-electron chi connectivity index (χ0n) is 15.1. The lowest BCUT2D eigenvalue weighted by Gasteiger charge is -2.35. The fourth-order valence-electron chi connectivity index (χ4n) is 2.98. The number of nitrogens with one attached hydrogen (secondary N) is 1. The summed E-state index contributed by atoms with van der Waals surface area (Å²) in [5.74, 6) is 0.669. The molecule has 0 atom stereocenters. The Kier molecular flexibility index (Phi) is 6.41. The number of amides is 1. The van der Waals surface area contributed by atoms with Gasteiger partial charge in [-0.2, -0.15) is 0 Å². The number of piperazine rings is 1. The molecule has 1 fully saturated rings. The number of pyridine rings is 1. The maximum Gasteiger partial charge on any atom is 0.237 e. The van der Waals surface area contributed by atoms with Gasteiger partial charge in [0.15, 0.2) is 0 Å². The molecule has 0 saturated carbocycles. The molecule has 1 aliphatic rings. The van der Waals surface area contributed by atoms with Crippen molar-refractivity contribution >= 4 is 21.7 Å². The van der Waals surface area contributed by atoms with E-state index < -0.39 is 10.0 Å². The highest BCUT2D eigenvalue weighted by molar-refractivity contribution is 7.89. The molecule has 27 heavy (non-hydrogen) atoms. The first kappa shape index (κ1) is 19.3. The summed E-state index contributed by atoms with van der Waals surface area (Å²) in [6.45, 7) is 2.29. The molecule has 1 aromatic carbocycles. The third-order valence-corrected chi connectivity index (χ3v) is 5.88. The van der Waals surface area contributed by atoms with Gasteiger partial charge in [-0.25, -0.2) is 18.1 Å². The average molecular weight is 388 g/mol. The fourth-order valence-corrected chi connectivity index (χ4v) is 3.97. The topological polar surface area (TPSA) is 82.6 Å². The van der Waals surface area contributed by atoms with Crippen LogP contribution in [-0.4, -0.2) is 62.7 Å². The fraction of sp³-hybridized carbons (Fsp3) is 0.368. The highest BCUT2D eigenvalue weighted by atomic mass is 32.2. The van der Waals surface area contributed by atoms with Crippen molar-refractivity contribution in [2.24, 2.45) is 0 Å². The number of aryl methyl sites for hydroxylation is 1. The second-order valence-corrected chi connectivity index (χ2v) is 8.36. The van der Waals surface area contributed by atoms with Crippen LogP contribution in [0.25, 0.3) is 0 Å². The Bertz CT molecular complexity index is 836. The number of carbonyl (C=O) groups excluding carboxylic acids is 1. The van der Waals surface area contributed by atoms with Crippen LogP contribution in [0.5, 0.6) is 0 Å². The number of carbonyl (C=O) groups is 1. The summed E-state index contributed by atoms with van der Waals surface area (Å²) >= 11 is 0. The summed E-state index contributed by atoms with van der Waals surface area (Å²) in [7, 11) is -3.49. The smallest absolute Gasteiger partial charge is 0.237 e. The van der Waals surface area contributed by atoms with Crippen molar-refractivity contribution in [3.8, 4) is 0 Å². The van der Waals surface area contributed by atoms with Crippen LogP contribution in [0.15, 0.2) is 54.7 Å². The van der Waals surface area contributed by atoms with Crippen LogP contribution in [0.4, 0.5) is 5.82 Å². The van der Waals surface area contributed by atoms with E-state index in [0.29, 0.717) is 32.6 Å². The zero-order chi connectivity index (χ0) is 19.1. The number of sulfonamides is 1. The zero-order valence-corrected chi connectivity index (χ0v) is 15.9. The van der Waals surface area contributed by atoms with Gasteiger partial charge in [0.05, 0.1) is 12.3 Å². The molecule has 1 aromatic heterocycles. The first-order chi connectivity index (χ1) is 13.0. The number of anilines is 1. The highest BCUT2D eigenvalue weighted by Crippen LogP contribution is 2.12. The van der Waals surface area contributed by atoms with Gasteiger partial charge in [-0.3, -0.25) is 4.79 Å². The van der Waals surface area contributed by atoms with E-state index in [9.17, 15) is 13.2 Å². The van der Waals surface area contributed by atoms with Crippen LogP contribution < -0.4 is 9.62 Å². The Morgan fingerprint density at radius 1 is 1.00 bits per heavy atom. The van der Waals surface area contributed by atoms with Crippen molar-refractivity contribution in [2.75, 3.05) is 43.4 Å². The summed E-state index contributed by atoms with van der Waals surface area (Å²) in [6.07, 6.45) is 2.17. The van der Waals surface area contributed by atoms with E-state index >= 15 is 0 Å². The minimum absolute atomic E-state index is 0.0300. The van der Waals surface area contributed by atoms with E-state index in [1.54, 1.807) is 11.1 Å². The minimum atomic E-state index is -3.49. The van der Waals surface area contributed by atoms with Crippen molar-refractivity contribution in [3.63, 3.8) is 0 Å². The van der Waals surface area contributed by atoms with Gasteiger partial charge in [-0.05, 0) is 24.1 Å². The molecule has 8 heteroatoms. The van der Waals surface area contributed by atoms with E-state index in [-0.39, 0.29) is 18.2 Å². The summed E-state index contributed by atoms with van der Waals surface area (Å²) in [4.78, 5) is 20.5. The van der Waals surface area contributed by atoms with Gasteiger partial charge in [0.2, 0.25) is 15.9 Å². The molecule has 1 aliphatic heterocycles. The van der Waals surface area contributed by atoms with Crippen LogP contribution in [-0.2, 0) is 21.2 Å². The van der Waals surface area contributed by atoms with Gasteiger partial charge < -0.3 is 9.80 Å². The van der Waals surface area contributed by atoms with Crippen molar-refractivity contribution in [1.29, 1.82) is 0 Å². The lowest BCUT2D eigenvalue weighted by Crippen LogP contribution is -2.51. The summed E-state index contributed by atoms with van der Waals surface area (Å²) in [5, 5.41) is 0. The molecule has 0 spiro atoms. The molecule has 2 aromatic rings. The number of nitrogens with zero attached hydrogens (tertiary/aromatic N) is 3. The second kappa shape index (κ2) is 8.96. The number of aromatic nitrogens is 1. The molecule has 1 N–H and O–H groups in total. The molecule has 7 nitrogen and oxygen atoms in total. The summed E-state index contributed by atoms with van der Waals surface area (Å²) in [6, 6.07) is 15.2. The van der Waals surface area contributed by atoms with Gasteiger partial charge in [0.1, 0.15) is 5.82 Å². The van der Waals surface area contributed by atoms with Crippen LogP contribution in [0.2, 0.25) is 0 Å². The number of hydrogen-bond acceptors (Lipinski definition) is 5. The van der Waals surface area contributed by atoms with Crippen molar-refractivity contribution in [2.45, 2.75) is 6.42 Å². The highest BCUT2D eigenvalue weighted by Gasteiger charge is 2.22. The van der Waals surface area contributed by atoms with Crippen LogP contribution in [0.3, 0.4) is 0 Å². The Morgan fingerprint density at radius 2 is 1.70 bits per heavy atom. The van der Waals surface area contributed by atoms with Crippen LogP contribution in [0, 0.1) is 0 Å². The first-order valence-corrected chi connectivity index (χ1v) is 10.6. The maximum atomic E-state index is 12.3. The molecule has 0 radical (unpaired) electrons. The maximum absolute atomic E-state index is 12.3. The van der Waals surface area contributed by atoms with Gasteiger partial charge in [-0.1, -0.05) is 36.4 Å². The molecular formula is C19H24N4O3S. The molecule has 144 valence electrons. The normalized spacial score (nSPS) is 15.0. The first-order valence-electron chi connectivity index (χ1n) is 8.98. The van der Waals surface area contributed by atoms with Gasteiger partial charge in [0, 0.05) is 32.4 Å².